The number of aliphatic hydroxyl groups is 4. The molecule has 2 aromatic carbocycles. The van der Waals surface area contributed by atoms with Crippen LogP contribution in [0.3, 0.4) is 0 Å². The molecular weight excluding hydrogens is 436 g/mol. The molecule has 0 aromatic heterocycles. The lowest BCUT2D eigenvalue weighted by Crippen LogP contribution is -2.58. The van der Waals surface area contributed by atoms with E-state index < -0.39 is 49.0 Å². The number of phenolic OH excluding ortho intramolecular Hbond substituents is 1. The molecule has 2 aliphatic heterocycles. The van der Waals surface area contributed by atoms with Crippen molar-refractivity contribution < 1.29 is 49.2 Å². The van der Waals surface area contributed by atoms with Gasteiger partial charge in [-0.2, -0.15) is 0 Å². The van der Waals surface area contributed by atoms with Crippen molar-refractivity contribution in [2.24, 2.45) is 0 Å². The number of benzene rings is 2. The fourth-order valence-corrected chi connectivity index (χ4v) is 4.13. The Morgan fingerprint density at radius 1 is 0.879 bits per heavy atom. The van der Waals surface area contributed by atoms with Crippen molar-refractivity contribution in [2.45, 2.75) is 55.9 Å². The van der Waals surface area contributed by atoms with E-state index in [1.807, 2.05) is 0 Å². The van der Waals surface area contributed by atoms with Gasteiger partial charge in [-0.1, -0.05) is 12.1 Å². The van der Waals surface area contributed by atoms with Gasteiger partial charge in [-0.05, 0) is 24.6 Å². The van der Waals surface area contributed by atoms with Crippen molar-refractivity contribution in [2.75, 3.05) is 14.2 Å². The number of aliphatic hydroxyl groups excluding tert-OH is 4. The quantitative estimate of drug-likeness (QED) is 0.430. The second-order valence-corrected chi connectivity index (χ2v) is 8.10. The highest BCUT2D eigenvalue weighted by molar-refractivity contribution is 5.54. The van der Waals surface area contributed by atoms with Crippen LogP contribution in [-0.4, -0.2) is 76.6 Å². The molecule has 1 fully saturated rings. The molecule has 0 unspecified atom stereocenters. The van der Waals surface area contributed by atoms with Gasteiger partial charge in [-0.15, -0.1) is 0 Å². The summed E-state index contributed by atoms with van der Waals surface area (Å²) in [6, 6.07) is 9.38. The minimum atomic E-state index is -1.57. The topological polar surface area (TPSA) is 147 Å². The Hall–Kier alpha value is -2.60. The van der Waals surface area contributed by atoms with E-state index in [1.165, 1.54) is 33.3 Å². The summed E-state index contributed by atoms with van der Waals surface area (Å²) in [6.45, 7) is 1.53. The third-order valence-electron chi connectivity index (χ3n) is 6.01. The Labute approximate surface area is 190 Å². The van der Waals surface area contributed by atoms with Gasteiger partial charge in [-0.3, -0.25) is 0 Å². The van der Waals surface area contributed by atoms with E-state index in [1.54, 1.807) is 24.3 Å². The van der Waals surface area contributed by atoms with Crippen LogP contribution in [-0.2, 0) is 9.47 Å². The number of hydrogen-bond donors (Lipinski definition) is 5. The van der Waals surface area contributed by atoms with Crippen LogP contribution < -0.4 is 14.2 Å². The highest BCUT2D eigenvalue weighted by Gasteiger charge is 2.48. The molecule has 4 rings (SSSR count). The van der Waals surface area contributed by atoms with Gasteiger partial charge in [-0.25, -0.2) is 0 Å². The highest BCUT2D eigenvalue weighted by atomic mass is 16.7. The molecule has 0 radical (unpaired) electrons. The lowest BCUT2D eigenvalue weighted by Gasteiger charge is -2.44. The van der Waals surface area contributed by atoms with Gasteiger partial charge in [0.25, 0.3) is 0 Å². The standard InChI is InChI=1S/C23H28O10/c1-10-17(25)19(27)20(28)23(31-10)33-22-18(26)16-14(30-3)8-13(29-2)9-15(16)32-21(22)11-4-6-12(24)7-5-11/h4-10,17-28H,1-3H3/t10-,17-,18+,19+,20+,21+,22-,23-/m0/s1. The van der Waals surface area contributed by atoms with Crippen LogP contribution >= 0.6 is 0 Å². The third kappa shape index (κ3) is 4.33. The maximum atomic E-state index is 11.4. The second-order valence-electron chi connectivity index (χ2n) is 8.10. The highest BCUT2D eigenvalue weighted by Crippen LogP contribution is 2.49. The zero-order valence-electron chi connectivity index (χ0n) is 18.4. The number of hydrogen-bond acceptors (Lipinski definition) is 10. The molecule has 180 valence electrons. The molecule has 0 spiro atoms. The Kier molecular flexibility index (Phi) is 6.66. The molecular formula is C23H28O10. The summed E-state index contributed by atoms with van der Waals surface area (Å²) < 4.78 is 28.5. The van der Waals surface area contributed by atoms with Gasteiger partial charge in [0.05, 0.1) is 25.9 Å². The maximum Gasteiger partial charge on any atom is 0.187 e. The van der Waals surface area contributed by atoms with Crippen molar-refractivity contribution in [1.82, 2.24) is 0 Å². The minimum absolute atomic E-state index is 0.0493. The number of fused-ring (bicyclic) bond motifs is 1. The van der Waals surface area contributed by atoms with Gasteiger partial charge in [0.1, 0.15) is 53.5 Å². The average Bonchev–Trinajstić information content (AvgIpc) is 2.82. The van der Waals surface area contributed by atoms with E-state index in [4.69, 9.17) is 23.7 Å². The Morgan fingerprint density at radius 2 is 1.58 bits per heavy atom. The summed E-state index contributed by atoms with van der Waals surface area (Å²) in [5.74, 6) is 1.13. The van der Waals surface area contributed by atoms with Crippen molar-refractivity contribution in [3.05, 3.63) is 47.5 Å². The third-order valence-corrected chi connectivity index (χ3v) is 6.01. The van der Waals surface area contributed by atoms with Crippen LogP contribution in [0, 0.1) is 0 Å². The fourth-order valence-electron chi connectivity index (χ4n) is 4.13. The molecule has 0 amide bonds. The first kappa shape index (κ1) is 23.6. The first-order chi connectivity index (χ1) is 15.7. The summed E-state index contributed by atoms with van der Waals surface area (Å²) in [5, 5.41) is 51.6. The number of aromatic hydroxyl groups is 1. The molecule has 5 N–H and O–H groups in total. The number of phenols is 1. The van der Waals surface area contributed by atoms with Crippen LogP contribution in [0.2, 0.25) is 0 Å². The average molecular weight is 464 g/mol. The zero-order chi connectivity index (χ0) is 23.9. The SMILES string of the molecule is COc1cc(OC)c2c(c1)O[C@H](c1ccc(O)cc1)[C@@H](O[C@@H]1O[C@@H](C)[C@H](O)[C@@H](O)[C@H]1O)[C@@H]2O. The predicted molar refractivity (Wildman–Crippen MR) is 113 cm³/mol. The maximum absolute atomic E-state index is 11.4. The van der Waals surface area contributed by atoms with E-state index in [0.29, 0.717) is 28.4 Å². The van der Waals surface area contributed by atoms with Crippen LogP contribution in [0.15, 0.2) is 36.4 Å². The number of methoxy groups -OCH3 is 2. The molecule has 1 saturated heterocycles. The van der Waals surface area contributed by atoms with Gasteiger partial charge in [0.15, 0.2) is 12.4 Å². The van der Waals surface area contributed by atoms with Crippen LogP contribution in [0.4, 0.5) is 0 Å². The van der Waals surface area contributed by atoms with Crippen LogP contribution in [0.1, 0.15) is 30.3 Å². The van der Waals surface area contributed by atoms with Crippen LogP contribution in [0.5, 0.6) is 23.0 Å². The summed E-state index contributed by atoms with van der Waals surface area (Å²) in [4.78, 5) is 0. The molecule has 8 atom stereocenters. The molecule has 0 bridgehead atoms. The van der Waals surface area contributed by atoms with E-state index >= 15 is 0 Å². The molecule has 2 heterocycles. The summed E-state index contributed by atoms with van der Waals surface area (Å²) in [5.41, 5.74) is 0.889. The van der Waals surface area contributed by atoms with E-state index in [0.717, 1.165) is 0 Å². The normalized spacial score (nSPS) is 33.7. The second kappa shape index (κ2) is 9.34. The molecule has 0 aliphatic carbocycles. The lowest BCUT2D eigenvalue weighted by atomic mass is 9.90. The first-order valence-corrected chi connectivity index (χ1v) is 10.5. The van der Waals surface area contributed by atoms with Gasteiger partial charge < -0.3 is 49.2 Å². The Morgan fingerprint density at radius 3 is 2.21 bits per heavy atom. The van der Waals surface area contributed by atoms with Crippen molar-refractivity contribution in [1.29, 1.82) is 0 Å². The predicted octanol–water partition coefficient (Wildman–Crippen LogP) is 0.789. The van der Waals surface area contributed by atoms with Gasteiger partial charge in [0.2, 0.25) is 0 Å². The summed E-state index contributed by atoms with van der Waals surface area (Å²) >= 11 is 0. The lowest BCUT2D eigenvalue weighted by molar-refractivity contribution is -0.319. The molecule has 10 heteroatoms. The minimum Gasteiger partial charge on any atom is -0.508 e. The van der Waals surface area contributed by atoms with Gasteiger partial charge in [0, 0.05) is 12.1 Å². The zero-order valence-corrected chi connectivity index (χ0v) is 18.4. The van der Waals surface area contributed by atoms with E-state index in [2.05, 4.69) is 0 Å². The molecule has 2 aromatic rings. The van der Waals surface area contributed by atoms with E-state index in [-0.39, 0.29) is 5.75 Å². The summed E-state index contributed by atoms with van der Waals surface area (Å²) in [7, 11) is 2.93. The van der Waals surface area contributed by atoms with Gasteiger partial charge >= 0.3 is 0 Å². The van der Waals surface area contributed by atoms with Crippen molar-refractivity contribution in [3.63, 3.8) is 0 Å². The largest absolute Gasteiger partial charge is 0.508 e. The fraction of sp³-hybridized carbons (Fsp3) is 0.478. The van der Waals surface area contributed by atoms with Crippen molar-refractivity contribution in [3.8, 4) is 23.0 Å². The van der Waals surface area contributed by atoms with Crippen molar-refractivity contribution >= 4 is 0 Å². The number of ether oxygens (including phenoxy) is 5. The summed E-state index contributed by atoms with van der Waals surface area (Å²) in [6.07, 6.45) is -9.84. The molecule has 2 aliphatic rings. The molecule has 10 nitrogen and oxygen atoms in total. The van der Waals surface area contributed by atoms with Crippen LogP contribution in [0.25, 0.3) is 0 Å². The first-order valence-electron chi connectivity index (χ1n) is 10.5. The van der Waals surface area contributed by atoms with E-state index in [9.17, 15) is 25.5 Å². The molecule has 33 heavy (non-hydrogen) atoms. The monoisotopic (exact) mass is 464 g/mol. The molecule has 0 saturated carbocycles. The Balaban J connectivity index is 1.75. The Bertz CT molecular complexity index is 964. The number of rotatable bonds is 5. The smallest absolute Gasteiger partial charge is 0.187 e.